The van der Waals surface area contributed by atoms with Crippen molar-refractivity contribution in [1.82, 2.24) is 5.32 Å². The van der Waals surface area contributed by atoms with Crippen LogP contribution in [0.5, 0.6) is 0 Å². The number of nitrogens with one attached hydrogen (secondary N) is 1. The standard InChI is InChI=1S/C12H25NO2/c1-11(2,3)15-8-6-12(10-14)5-4-7-13-9-12/h13-14H,4-10H2,1-3H3. The molecular weight excluding hydrogens is 190 g/mol. The van der Waals surface area contributed by atoms with Gasteiger partial charge in [0.15, 0.2) is 0 Å². The van der Waals surface area contributed by atoms with E-state index in [1.165, 1.54) is 0 Å². The zero-order valence-electron chi connectivity index (χ0n) is 10.3. The molecule has 1 aliphatic rings. The summed E-state index contributed by atoms with van der Waals surface area (Å²) in [5.74, 6) is 0. The maximum Gasteiger partial charge on any atom is 0.0598 e. The van der Waals surface area contributed by atoms with Gasteiger partial charge in [0.05, 0.1) is 5.60 Å². The fraction of sp³-hybridized carbons (Fsp3) is 1.00. The van der Waals surface area contributed by atoms with E-state index in [4.69, 9.17) is 4.74 Å². The van der Waals surface area contributed by atoms with Gasteiger partial charge in [-0.1, -0.05) is 0 Å². The summed E-state index contributed by atoms with van der Waals surface area (Å²) in [7, 11) is 0. The molecule has 90 valence electrons. The summed E-state index contributed by atoms with van der Waals surface area (Å²) in [5, 5.41) is 12.8. The lowest BCUT2D eigenvalue weighted by atomic mass is 9.79. The number of aliphatic hydroxyl groups excluding tert-OH is 1. The third-order valence-electron chi connectivity index (χ3n) is 3.06. The smallest absolute Gasteiger partial charge is 0.0598 e. The third kappa shape index (κ3) is 4.49. The van der Waals surface area contributed by atoms with Crippen molar-refractivity contribution in [3.63, 3.8) is 0 Å². The van der Waals surface area contributed by atoms with Crippen molar-refractivity contribution in [3.8, 4) is 0 Å². The van der Waals surface area contributed by atoms with Crippen molar-refractivity contribution in [2.24, 2.45) is 5.41 Å². The Morgan fingerprint density at radius 1 is 1.40 bits per heavy atom. The summed E-state index contributed by atoms with van der Waals surface area (Å²) in [6, 6.07) is 0. The van der Waals surface area contributed by atoms with Crippen molar-refractivity contribution in [2.45, 2.75) is 45.6 Å². The van der Waals surface area contributed by atoms with Gasteiger partial charge in [-0.3, -0.25) is 0 Å². The Balaban J connectivity index is 2.33. The van der Waals surface area contributed by atoms with Gasteiger partial charge in [-0.15, -0.1) is 0 Å². The average molecular weight is 215 g/mol. The number of hydrogen-bond donors (Lipinski definition) is 2. The predicted octanol–water partition coefficient (Wildman–Crippen LogP) is 1.55. The molecule has 1 atom stereocenters. The topological polar surface area (TPSA) is 41.5 Å². The van der Waals surface area contributed by atoms with Gasteiger partial charge in [0.2, 0.25) is 0 Å². The Labute approximate surface area is 93.2 Å². The minimum atomic E-state index is -0.0707. The zero-order valence-corrected chi connectivity index (χ0v) is 10.3. The Morgan fingerprint density at radius 2 is 2.13 bits per heavy atom. The maximum absolute atomic E-state index is 9.48. The van der Waals surface area contributed by atoms with Crippen molar-refractivity contribution >= 4 is 0 Å². The van der Waals surface area contributed by atoms with Gasteiger partial charge in [-0.2, -0.15) is 0 Å². The molecule has 15 heavy (non-hydrogen) atoms. The summed E-state index contributed by atoms with van der Waals surface area (Å²) in [5.41, 5.74) is -0.0117. The van der Waals surface area contributed by atoms with Crippen LogP contribution in [0, 0.1) is 5.41 Å². The Bertz CT molecular complexity index is 181. The van der Waals surface area contributed by atoms with Crippen molar-refractivity contribution in [2.75, 3.05) is 26.3 Å². The van der Waals surface area contributed by atoms with E-state index in [1.54, 1.807) is 0 Å². The third-order valence-corrected chi connectivity index (χ3v) is 3.06. The lowest BCUT2D eigenvalue weighted by Crippen LogP contribution is -2.43. The Hall–Kier alpha value is -0.120. The van der Waals surface area contributed by atoms with Crippen LogP contribution in [0.4, 0.5) is 0 Å². The molecule has 1 saturated heterocycles. The molecule has 0 aromatic rings. The van der Waals surface area contributed by atoms with Crippen LogP contribution in [0.25, 0.3) is 0 Å². The fourth-order valence-electron chi connectivity index (χ4n) is 2.03. The van der Waals surface area contributed by atoms with Crippen molar-refractivity contribution < 1.29 is 9.84 Å². The van der Waals surface area contributed by atoms with Gasteiger partial charge in [0, 0.05) is 25.2 Å². The highest BCUT2D eigenvalue weighted by molar-refractivity contribution is 4.85. The van der Waals surface area contributed by atoms with E-state index in [-0.39, 0.29) is 17.6 Å². The number of ether oxygens (including phenoxy) is 1. The number of rotatable bonds is 4. The first-order valence-electron chi connectivity index (χ1n) is 5.93. The first kappa shape index (κ1) is 12.9. The quantitative estimate of drug-likeness (QED) is 0.747. The van der Waals surface area contributed by atoms with Crippen LogP contribution >= 0.6 is 0 Å². The lowest BCUT2D eigenvalue weighted by Gasteiger charge is -2.36. The van der Waals surface area contributed by atoms with Crippen LogP contribution in [-0.2, 0) is 4.74 Å². The summed E-state index contributed by atoms with van der Waals surface area (Å²) < 4.78 is 5.72. The van der Waals surface area contributed by atoms with E-state index < -0.39 is 0 Å². The first-order chi connectivity index (χ1) is 6.97. The van der Waals surface area contributed by atoms with Crippen molar-refractivity contribution in [1.29, 1.82) is 0 Å². The minimum absolute atomic E-state index is 0.0590. The molecule has 3 nitrogen and oxygen atoms in total. The largest absolute Gasteiger partial charge is 0.396 e. The van der Waals surface area contributed by atoms with Crippen LogP contribution in [0.15, 0.2) is 0 Å². The second-order valence-electron chi connectivity index (χ2n) is 5.65. The van der Waals surface area contributed by atoms with Gasteiger partial charge in [0.1, 0.15) is 0 Å². The van der Waals surface area contributed by atoms with E-state index in [0.29, 0.717) is 0 Å². The van der Waals surface area contributed by atoms with Crippen molar-refractivity contribution in [3.05, 3.63) is 0 Å². The molecule has 1 fully saturated rings. The predicted molar refractivity (Wildman–Crippen MR) is 61.9 cm³/mol. The van der Waals surface area contributed by atoms with E-state index in [9.17, 15) is 5.11 Å². The monoisotopic (exact) mass is 215 g/mol. The highest BCUT2D eigenvalue weighted by Gasteiger charge is 2.31. The highest BCUT2D eigenvalue weighted by Crippen LogP contribution is 2.30. The number of hydrogen-bond acceptors (Lipinski definition) is 3. The summed E-state index contributed by atoms with van der Waals surface area (Å²) in [4.78, 5) is 0. The van der Waals surface area contributed by atoms with Gasteiger partial charge < -0.3 is 15.2 Å². The average Bonchev–Trinajstić information content (AvgIpc) is 2.17. The van der Waals surface area contributed by atoms with E-state index in [2.05, 4.69) is 26.1 Å². The molecule has 1 unspecified atom stereocenters. The van der Waals surface area contributed by atoms with Gasteiger partial charge in [-0.05, 0) is 46.6 Å². The lowest BCUT2D eigenvalue weighted by molar-refractivity contribution is -0.0312. The molecule has 0 radical (unpaired) electrons. The fourth-order valence-corrected chi connectivity index (χ4v) is 2.03. The highest BCUT2D eigenvalue weighted by atomic mass is 16.5. The Kier molecular flexibility index (Phi) is 4.56. The van der Waals surface area contributed by atoms with E-state index in [1.807, 2.05) is 0 Å². The minimum Gasteiger partial charge on any atom is -0.396 e. The molecule has 0 aromatic heterocycles. The van der Waals surface area contributed by atoms with Crippen LogP contribution in [-0.4, -0.2) is 37.0 Å². The van der Waals surface area contributed by atoms with Gasteiger partial charge >= 0.3 is 0 Å². The molecule has 0 spiro atoms. The zero-order chi connectivity index (χ0) is 11.4. The summed E-state index contributed by atoms with van der Waals surface area (Å²) in [6.45, 7) is 9.23. The molecule has 1 rings (SSSR count). The molecule has 0 aliphatic carbocycles. The molecule has 0 saturated carbocycles. The Morgan fingerprint density at radius 3 is 2.60 bits per heavy atom. The summed E-state index contributed by atoms with van der Waals surface area (Å²) in [6.07, 6.45) is 3.23. The summed E-state index contributed by atoms with van der Waals surface area (Å²) >= 11 is 0. The molecular formula is C12H25NO2. The van der Waals surface area contributed by atoms with Crippen LogP contribution in [0.1, 0.15) is 40.0 Å². The molecule has 0 bridgehead atoms. The van der Waals surface area contributed by atoms with E-state index >= 15 is 0 Å². The molecule has 2 N–H and O–H groups in total. The van der Waals surface area contributed by atoms with Crippen LogP contribution in [0.2, 0.25) is 0 Å². The van der Waals surface area contributed by atoms with Gasteiger partial charge in [-0.25, -0.2) is 0 Å². The second-order valence-corrected chi connectivity index (χ2v) is 5.65. The number of aliphatic hydroxyl groups is 1. The molecule has 1 aliphatic heterocycles. The number of piperidine rings is 1. The maximum atomic E-state index is 9.48. The van der Waals surface area contributed by atoms with Gasteiger partial charge in [0.25, 0.3) is 0 Å². The van der Waals surface area contributed by atoms with E-state index in [0.717, 1.165) is 39.0 Å². The molecule has 3 heteroatoms. The molecule has 0 amide bonds. The van der Waals surface area contributed by atoms with Crippen LogP contribution < -0.4 is 5.32 Å². The molecule has 0 aromatic carbocycles. The SMILES string of the molecule is CC(C)(C)OCCC1(CO)CCCNC1. The molecule has 1 heterocycles. The normalized spacial score (nSPS) is 28.0. The van der Waals surface area contributed by atoms with Crippen LogP contribution in [0.3, 0.4) is 0 Å². The second kappa shape index (κ2) is 5.28. The first-order valence-corrected chi connectivity index (χ1v) is 5.93.